The summed E-state index contributed by atoms with van der Waals surface area (Å²) in [6, 6.07) is 17.8. The number of ketones is 1. The van der Waals surface area contributed by atoms with E-state index in [1.54, 1.807) is 13.2 Å². The Labute approximate surface area is 222 Å². The zero-order valence-corrected chi connectivity index (χ0v) is 21.3. The van der Waals surface area contributed by atoms with Crippen molar-refractivity contribution in [1.82, 2.24) is 0 Å². The van der Waals surface area contributed by atoms with Gasteiger partial charge in [0.2, 0.25) is 0 Å². The van der Waals surface area contributed by atoms with Gasteiger partial charge in [-0.25, -0.2) is 0 Å². The molecule has 8 heteroatoms. The van der Waals surface area contributed by atoms with E-state index in [4.69, 9.17) is 32.4 Å². The van der Waals surface area contributed by atoms with Gasteiger partial charge in [-0.15, -0.1) is 0 Å². The number of halogens is 2. The van der Waals surface area contributed by atoms with Crippen LogP contribution in [-0.2, 0) is 4.79 Å². The van der Waals surface area contributed by atoms with Crippen molar-refractivity contribution in [2.75, 3.05) is 17.7 Å². The first-order valence-electron chi connectivity index (χ1n) is 11.9. The molecule has 2 unspecified atom stereocenters. The van der Waals surface area contributed by atoms with Crippen molar-refractivity contribution >= 4 is 51.3 Å². The summed E-state index contributed by atoms with van der Waals surface area (Å²) in [6.07, 6.45) is 2.32. The molecule has 2 aliphatic rings. The van der Waals surface area contributed by atoms with Crippen LogP contribution in [0.15, 0.2) is 87.4 Å². The molecule has 2 atom stereocenters. The lowest BCUT2D eigenvalue weighted by Crippen LogP contribution is -2.29. The van der Waals surface area contributed by atoms with Crippen molar-refractivity contribution in [3.05, 3.63) is 110 Å². The quantitative estimate of drug-likeness (QED) is 0.293. The minimum absolute atomic E-state index is 0.0128. The molecule has 3 aromatic carbocycles. The van der Waals surface area contributed by atoms with Crippen molar-refractivity contribution in [3.8, 4) is 5.75 Å². The van der Waals surface area contributed by atoms with Gasteiger partial charge in [0.25, 0.3) is 0 Å². The van der Waals surface area contributed by atoms with E-state index < -0.39 is 6.04 Å². The van der Waals surface area contributed by atoms with Crippen LogP contribution in [0.1, 0.15) is 35.9 Å². The summed E-state index contributed by atoms with van der Waals surface area (Å²) in [5, 5.41) is 7.76. The molecule has 0 saturated heterocycles. The van der Waals surface area contributed by atoms with Crippen molar-refractivity contribution in [1.29, 1.82) is 0 Å². The summed E-state index contributed by atoms with van der Waals surface area (Å²) in [5.41, 5.74) is 4.25. The van der Waals surface area contributed by atoms with E-state index >= 15 is 0 Å². The van der Waals surface area contributed by atoms with Crippen LogP contribution in [-0.4, -0.2) is 12.9 Å². The molecule has 2 N–H and O–H groups in total. The van der Waals surface area contributed by atoms with Crippen LogP contribution in [0.2, 0.25) is 10.0 Å². The summed E-state index contributed by atoms with van der Waals surface area (Å²) in [6.45, 7) is 0. The van der Waals surface area contributed by atoms with Gasteiger partial charge >= 0.3 is 0 Å². The van der Waals surface area contributed by atoms with Crippen LogP contribution in [0.25, 0.3) is 11.0 Å². The Hall–Kier alpha value is -3.74. The Balaban J connectivity index is 1.50. The minimum atomic E-state index is -0.714. The number of fused-ring (bicyclic) bond motifs is 2. The van der Waals surface area contributed by atoms with Gasteiger partial charge < -0.3 is 19.8 Å². The maximum atomic E-state index is 13.8. The Bertz CT molecular complexity index is 1640. The molecule has 1 aromatic heterocycles. The molecule has 1 aliphatic carbocycles. The summed E-state index contributed by atoms with van der Waals surface area (Å²) in [7, 11) is 1.63. The predicted octanol–water partition coefficient (Wildman–Crippen LogP) is 7.09. The molecule has 0 radical (unpaired) electrons. The smallest absolute Gasteiger partial charge is 0.198 e. The summed E-state index contributed by atoms with van der Waals surface area (Å²) >= 11 is 12.5. The molecule has 2 heterocycles. The number of Topliss-reactive ketones (excluding diaryl/α,β-unsaturated/α-hetero) is 1. The largest absolute Gasteiger partial charge is 0.497 e. The van der Waals surface area contributed by atoms with Crippen LogP contribution in [0.4, 0.5) is 11.4 Å². The number of nitrogens with one attached hydrogen (secondary N) is 2. The zero-order valence-electron chi connectivity index (χ0n) is 19.8. The fourth-order valence-electron chi connectivity index (χ4n) is 5.22. The van der Waals surface area contributed by atoms with Gasteiger partial charge in [-0.05, 0) is 54.3 Å². The third kappa shape index (κ3) is 4.16. The average molecular weight is 533 g/mol. The van der Waals surface area contributed by atoms with Crippen LogP contribution in [0.3, 0.4) is 0 Å². The van der Waals surface area contributed by atoms with E-state index in [2.05, 4.69) is 10.6 Å². The van der Waals surface area contributed by atoms with E-state index in [1.165, 1.54) is 12.3 Å². The average Bonchev–Trinajstić information content (AvgIpc) is 3.06. The summed E-state index contributed by atoms with van der Waals surface area (Å²) < 4.78 is 11.1. The first-order chi connectivity index (χ1) is 17.9. The van der Waals surface area contributed by atoms with Gasteiger partial charge in [-0.1, -0.05) is 47.5 Å². The molecule has 0 saturated carbocycles. The first-order valence-corrected chi connectivity index (χ1v) is 12.6. The van der Waals surface area contributed by atoms with E-state index in [0.29, 0.717) is 29.0 Å². The number of carbonyl (C=O) groups excluding carboxylic acids is 1. The lowest BCUT2D eigenvalue weighted by atomic mass is 9.78. The SMILES string of the molecule is COc1ccc(C2CC(=O)C3=C(C2)Nc2ccccc2NC3c2coc3c(Cl)cc(Cl)cc3c2=O)cc1. The van der Waals surface area contributed by atoms with E-state index in [0.717, 1.165) is 28.4 Å². The number of hydrogen-bond acceptors (Lipinski definition) is 6. The maximum absolute atomic E-state index is 13.8. The summed E-state index contributed by atoms with van der Waals surface area (Å²) in [4.78, 5) is 27.5. The van der Waals surface area contributed by atoms with Crippen LogP contribution in [0, 0.1) is 0 Å². The van der Waals surface area contributed by atoms with Crippen LogP contribution in [0.5, 0.6) is 5.75 Å². The third-order valence-electron chi connectivity index (χ3n) is 7.03. The van der Waals surface area contributed by atoms with Crippen molar-refractivity contribution in [3.63, 3.8) is 0 Å². The number of benzene rings is 3. The molecule has 4 aromatic rings. The highest BCUT2D eigenvalue weighted by molar-refractivity contribution is 6.38. The Morgan fingerprint density at radius 3 is 2.49 bits per heavy atom. The van der Waals surface area contributed by atoms with E-state index in [-0.39, 0.29) is 33.1 Å². The molecule has 1 aliphatic heterocycles. The van der Waals surface area contributed by atoms with Crippen molar-refractivity contribution in [2.45, 2.75) is 24.8 Å². The number of ether oxygens (including phenoxy) is 1. The topological polar surface area (TPSA) is 80.6 Å². The molecule has 0 fully saturated rings. The monoisotopic (exact) mass is 532 g/mol. The first kappa shape index (κ1) is 23.6. The predicted molar refractivity (Wildman–Crippen MR) is 146 cm³/mol. The molecule has 0 spiro atoms. The van der Waals surface area contributed by atoms with E-state index in [1.807, 2.05) is 48.5 Å². The molecule has 0 bridgehead atoms. The standard InChI is InChI=1S/C29H22Cl2N2O4/c1-36-18-8-6-15(7-9-18)16-10-24-26(25(34)11-16)27(33-23-5-3-2-4-22(23)32-24)20-14-37-29-19(28(20)35)12-17(30)13-21(29)31/h2-9,12-14,16,27,32-33H,10-11H2,1H3. The second kappa shape index (κ2) is 9.29. The number of hydrogen-bond donors (Lipinski definition) is 2. The lowest BCUT2D eigenvalue weighted by Gasteiger charge is -2.29. The number of para-hydroxylation sites is 2. The minimum Gasteiger partial charge on any atom is -0.497 e. The maximum Gasteiger partial charge on any atom is 0.198 e. The van der Waals surface area contributed by atoms with Crippen LogP contribution >= 0.6 is 23.2 Å². The molecule has 186 valence electrons. The van der Waals surface area contributed by atoms with Gasteiger partial charge in [-0.3, -0.25) is 9.59 Å². The molecule has 6 rings (SSSR count). The fraction of sp³-hybridized carbons (Fsp3) is 0.172. The number of carbonyl (C=O) groups is 1. The Kier molecular flexibility index (Phi) is 5.94. The van der Waals surface area contributed by atoms with E-state index in [9.17, 15) is 9.59 Å². The number of allylic oxidation sites excluding steroid dienone is 1. The highest BCUT2D eigenvalue weighted by Crippen LogP contribution is 2.44. The van der Waals surface area contributed by atoms with Gasteiger partial charge in [0.1, 0.15) is 12.0 Å². The highest BCUT2D eigenvalue weighted by atomic mass is 35.5. The Morgan fingerprint density at radius 1 is 0.973 bits per heavy atom. The fourth-order valence-corrected chi connectivity index (χ4v) is 5.75. The Morgan fingerprint density at radius 2 is 1.73 bits per heavy atom. The zero-order chi connectivity index (χ0) is 25.7. The van der Waals surface area contributed by atoms with Crippen molar-refractivity contribution in [2.24, 2.45) is 0 Å². The second-order valence-electron chi connectivity index (χ2n) is 9.23. The highest BCUT2D eigenvalue weighted by Gasteiger charge is 2.37. The van der Waals surface area contributed by atoms with Crippen LogP contribution < -0.4 is 20.8 Å². The van der Waals surface area contributed by atoms with Gasteiger partial charge in [0.15, 0.2) is 16.8 Å². The molecule has 37 heavy (non-hydrogen) atoms. The van der Waals surface area contributed by atoms with Gasteiger partial charge in [0, 0.05) is 22.7 Å². The van der Waals surface area contributed by atoms with Crippen molar-refractivity contribution < 1.29 is 13.9 Å². The molecule has 6 nitrogen and oxygen atoms in total. The summed E-state index contributed by atoms with van der Waals surface area (Å²) in [5.74, 6) is 0.713. The molecular weight excluding hydrogens is 511 g/mol. The normalized spacial score (nSPS) is 18.9. The number of rotatable bonds is 3. The molecule has 0 amide bonds. The second-order valence-corrected chi connectivity index (χ2v) is 10.1. The number of methoxy groups -OCH3 is 1. The van der Waals surface area contributed by atoms with Gasteiger partial charge in [0.05, 0.1) is 40.5 Å². The lowest BCUT2D eigenvalue weighted by molar-refractivity contribution is -0.116. The number of anilines is 2. The third-order valence-corrected chi connectivity index (χ3v) is 7.53. The molecular formula is C29H22Cl2N2O4. The van der Waals surface area contributed by atoms with Gasteiger partial charge in [-0.2, -0.15) is 0 Å².